The standard InChI is InChI=1S/C22H17N3O4S/c1-14-8-10-15(11-9-14)24-20(27)17(13-23)22-25(16-6-4-3-5-7-16)21(28)18(30-22)12-19(26)29-2/h3-12H,1-2H3,(H,24,27)/b18-12+,22-17+. The van der Waals surface area contributed by atoms with Gasteiger partial charge in [0, 0.05) is 11.8 Å². The van der Waals surface area contributed by atoms with Gasteiger partial charge in [-0.2, -0.15) is 5.26 Å². The smallest absolute Gasteiger partial charge is 0.332 e. The first-order valence-electron chi connectivity index (χ1n) is 8.84. The third-order valence-corrected chi connectivity index (χ3v) is 5.24. The van der Waals surface area contributed by atoms with E-state index in [1.54, 1.807) is 42.5 Å². The predicted octanol–water partition coefficient (Wildman–Crippen LogP) is 1.47. The molecule has 0 unspecified atom stereocenters. The van der Waals surface area contributed by atoms with E-state index in [2.05, 4.69) is 10.1 Å². The maximum Gasteiger partial charge on any atom is 0.332 e. The lowest BCUT2D eigenvalue weighted by atomic mass is 10.2. The lowest BCUT2D eigenvalue weighted by Gasteiger charge is -2.06. The number of methoxy groups -OCH3 is 1. The van der Waals surface area contributed by atoms with Gasteiger partial charge in [-0.05, 0) is 31.2 Å². The Morgan fingerprint density at radius 3 is 2.40 bits per heavy atom. The fourth-order valence-corrected chi connectivity index (χ4v) is 3.72. The highest BCUT2D eigenvalue weighted by atomic mass is 32.1. The number of rotatable bonds is 4. The lowest BCUT2D eigenvalue weighted by Crippen LogP contribution is -2.32. The molecule has 150 valence electrons. The number of carbonyl (C=O) groups excluding carboxylic acids is 2. The third-order valence-electron chi connectivity index (χ3n) is 4.15. The van der Waals surface area contributed by atoms with Crippen molar-refractivity contribution in [2.75, 3.05) is 12.4 Å². The van der Waals surface area contributed by atoms with Crippen molar-refractivity contribution < 1.29 is 14.3 Å². The molecule has 1 aromatic heterocycles. The van der Waals surface area contributed by atoms with E-state index in [-0.39, 0.29) is 14.8 Å². The first-order chi connectivity index (χ1) is 14.4. The fraction of sp³-hybridized carbons (Fsp3) is 0.0909. The summed E-state index contributed by atoms with van der Waals surface area (Å²) in [5, 5.41) is 12.4. The number of esters is 1. The molecule has 7 nitrogen and oxygen atoms in total. The van der Waals surface area contributed by atoms with E-state index >= 15 is 0 Å². The van der Waals surface area contributed by atoms with Gasteiger partial charge in [-0.1, -0.05) is 35.9 Å². The maximum absolute atomic E-state index is 13.0. The summed E-state index contributed by atoms with van der Waals surface area (Å²) >= 11 is 0.872. The molecule has 0 aliphatic carbocycles. The number of nitriles is 1. The molecule has 0 saturated carbocycles. The maximum atomic E-state index is 13.0. The van der Waals surface area contributed by atoms with Crippen molar-refractivity contribution in [1.82, 2.24) is 4.57 Å². The Balaban J connectivity index is 2.25. The molecule has 3 rings (SSSR count). The topological polar surface area (TPSA) is 101 Å². The average molecular weight is 419 g/mol. The lowest BCUT2D eigenvalue weighted by molar-refractivity contribution is -0.133. The minimum atomic E-state index is -0.706. The number of para-hydroxylation sites is 1. The summed E-state index contributed by atoms with van der Waals surface area (Å²) in [6, 6.07) is 17.6. The highest BCUT2D eigenvalue weighted by Crippen LogP contribution is 2.10. The summed E-state index contributed by atoms with van der Waals surface area (Å²) in [4.78, 5) is 37.5. The second-order valence-corrected chi connectivity index (χ2v) is 7.25. The average Bonchev–Trinajstić information content (AvgIpc) is 3.06. The largest absolute Gasteiger partial charge is 0.466 e. The molecule has 2 aromatic carbocycles. The van der Waals surface area contributed by atoms with E-state index in [0.29, 0.717) is 11.4 Å². The van der Waals surface area contributed by atoms with Gasteiger partial charge in [0.15, 0.2) is 5.57 Å². The molecule has 1 heterocycles. The molecule has 3 aromatic rings. The van der Waals surface area contributed by atoms with Crippen molar-refractivity contribution in [2.45, 2.75) is 6.92 Å². The number of nitrogens with zero attached hydrogens (tertiary/aromatic N) is 2. The van der Waals surface area contributed by atoms with Crippen LogP contribution in [0.2, 0.25) is 0 Å². The van der Waals surface area contributed by atoms with Crippen LogP contribution in [0.4, 0.5) is 5.69 Å². The van der Waals surface area contributed by atoms with Crippen molar-refractivity contribution in [3.05, 3.63) is 79.7 Å². The molecule has 0 saturated heterocycles. The summed E-state index contributed by atoms with van der Waals surface area (Å²) in [5.41, 5.74) is 1.24. The van der Waals surface area contributed by atoms with Gasteiger partial charge in [0.2, 0.25) is 0 Å². The van der Waals surface area contributed by atoms with Gasteiger partial charge < -0.3 is 10.1 Å². The van der Waals surface area contributed by atoms with Gasteiger partial charge in [0.25, 0.3) is 11.5 Å². The highest BCUT2D eigenvalue weighted by molar-refractivity contribution is 7.07. The molecule has 0 bridgehead atoms. The second kappa shape index (κ2) is 9.03. The van der Waals surface area contributed by atoms with Gasteiger partial charge in [-0.15, -0.1) is 11.3 Å². The van der Waals surface area contributed by atoms with Gasteiger partial charge in [0.05, 0.1) is 12.8 Å². The second-order valence-electron chi connectivity index (χ2n) is 6.22. The number of aryl methyl sites for hydroxylation is 1. The van der Waals surface area contributed by atoms with Crippen LogP contribution < -0.4 is 20.1 Å². The van der Waals surface area contributed by atoms with E-state index in [9.17, 15) is 19.6 Å². The minimum Gasteiger partial charge on any atom is -0.466 e. The number of amides is 1. The van der Waals surface area contributed by atoms with Gasteiger partial charge in [-0.25, -0.2) is 4.79 Å². The van der Waals surface area contributed by atoms with E-state index in [1.165, 1.54) is 11.7 Å². The van der Waals surface area contributed by atoms with Crippen LogP contribution in [0, 0.1) is 18.3 Å². The summed E-state index contributed by atoms with van der Waals surface area (Å²) in [7, 11) is 1.20. The third kappa shape index (κ3) is 4.37. The fourth-order valence-electron chi connectivity index (χ4n) is 2.65. The molecule has 0 fully saturated rings. The summed E-state index contributed by atoms with van der Waals surface area (Å²) in [6.45, 7) is 1.92. The molecular weight excluding hydrogens is 402 g/mol. The summed E-state index contributed by atoms with van der Waals surface area (Å²) < 4.78 is 6.01. The number of ether oxygens (including phenoxy) is 1. The molecule has 1 N–H and O–H groups in total. The molecule has 0 aliphatic heterocycles. The Morgan fingerprint density at radius 2 is 1.80 bits per heavy atom. The van der Waals surface area contributed by atoms with Gasteiger partial charge in [0.1, 0.15) is 15.3 Å². The Hall–Kier alpha value is -3.96. The number of anilines is 1. The number of hydrogen-bond donors (Lipinski definition) is 1. The van der Waals surface area contributed by atoms with Crippen molar-refractivity contribution in [3.8, 4) is 11.8 Å². The van der Waals surface area contributed by atoms with Crippen LogP contribution in [0.25, 0.3) is 17.3 Å². The van der Waals surface area contributed by atoms with Crippen LogP contribution in [0.3, 0.4) is 0 Å². The Bertz CT molecular complexity index is 1310. The monoisotopic (exact) mass is 419 g/mol. The number of thiazole rings is 1. The molecule has 0 spiro atoms. The van der Waals surface area contributed by atoms with Crippen molar-refractivity contribution in [3.63, 3.8) is 0 Å². The number of carbonyl (C=O) groups is 2. The molecular formula is C22H17N3O4S. The first kappa shape index (κ1) is 20.8. The van der Waals surface area contributed by atoms with Crippen LogP contribution >= 0.6 is 11.3 Å². The van der Waals surface area contributed by atoms with Crippen molar-refractivity contribution in [2.24, 2.45) is 0 Å². The molecule has 0 atom stereocenters. The SMILES string of the molecule is COC(=O)/C=c1/s/c(=C(\C#N)C(=O)Nc2ccc(C)cc2)n(-c2ccccc2)c1=O. The van der Waals surface area contributed by atoms with Crippen LogP contribution in [0.1, 0.15) is 5.56 Å². The van der Waals surface area contributed by atoms with Crippen molar-refractivity contribution in [1.29, 1.82) is 5.26 Å². The van der Waals surface area contributed by atoms with E-state index < -0.39 is 17.4 Å². The normalized spacial score (nSPS) is 12.1. The Labute approximate surface area is 175 Å². The van der Waals surface area contributed by atoms with Crippen LogP contribution in [0.15, 0.2) is 59.4 Å². The van der Waals surface area contributed by atoms with Crippen LogP contribution in [-0.4, -0.2) is 23.6 Å². The molecule has 0 radical (unpaired) electrons. The van der Waals surface area contributed by atoms with E-state index in [0.717, 1.165) is 23.0 Å². The van der Waals surface area contributed by atoms with E-state index in [4.69, 9.17) is 0 Å². The van der Waals surface area contributed by atoms with Gasteiger partial charge in [-0.3, -0.25) is 14.2 Å². The zero-order valence-corrected chi connectivity index (χ0v) is 17.0. The Morgan fingerprint density at radius 1 is 1.13 bits per heavy atom. The first-order valence-corrected chi connectivity index (χ1v) is 9.65. The minimum absolute atomic E-state index is 0.0524. The molecule has 1 amide bonds. The summed E-state index contributed by atoms with van der Waals surface area (Å²) in [5.74, 6) is -1.36. The van der Waals surface area contributed by atoms with Crippen molar-refractivity contribution >= 4 is 40.5 Å². The van der Waals surface area contributed by atoms with Crippen LogP contribution in [-0.2, 0) is 14.3 Å². The van der Waals surface area contributed by atoms with Gasteiger partial charge >= 0.3 is 5.97 Å². The molecule has 30 heavy (non-hydrogen) atoms. The molecule has 8 heteroatoms. The number of aromatic nitrogens is 1. The quantitative estimate of drug-likeness (QED) is 0.646. The number of nitrogens with one attached hydrogen (secondary N) is 1. The number of hydrogen-bond acceptors (Lipinski definition) is 6. The highest BCUT2D eigenvalue weighted by Gasteiger charge is 2.17. The van der Waals surface area contributed by atoms with Crippen LogP contribution in [0.5, 0.6) is 0 Å². The summed E-state index contributed by atoms with van der Waals surface area (Å²) in [6.07, 6.45) is 1.04. The van der Waals surface area contributed by atoms with E-state index in [1.807, 2.05) is 25.1 Å². The predicted molar refractivity (Wildman–Crippen MR) is 114 cm³/mol. The zero-order chi connectivity index (χ0) is 21.7. The molecule has 0 aliphatic rings. The Kier molecular flexibility index (Phi) is 6.25. The number of benzene rings is 2. The zero-order valence-electron chi connectivity index (χ0n) is 16.2.